The lowest BCUT2D eigenvalue weighted by Gasteiger charge is -2.08. The van der Waals surface area contributed by atoms with Crippen molar-refractivity contribution in [1.29, 1.82) is 5.41 Å². The number of aromatic amines is 1. The zero-order valence-corrected chi connectivity index (χ0v) is 15.9. The van der Waals surface area contributed by atoms with E-state index in [1.54, 1.807) is 31.0 Å². The average molecular weight is 391 g/mol. The fourth-order valence-corrected chi connectivity index (χ4v) is 3.42. The molecule has 0 spiro atoms. The minimum absolute atomic E-state index is 0.263. The molecule has 4 N–H and O–H groups in total. The lowest BCUT2D eigenvalue weighted by molar-refractivity contribution is 1.26. The van der Waals surface area contributed by atoms with Crippen LogP contribution in [0.3, 0.4) is 0 Å². The van der Waals surface area contributed by atoms with Crippen LogP contribution in [0.1, 0.15) is 11.3 Å². The molecule has 7 nitrogen and oxygen atoms in total. The number of hydrogen-bond donors (Lipinski definition) is 3. The van der Waals surface area contributed by atoms with E-state index in [1.165, 1.54) is 0 Å². The summed E-state index contributed by atoms with van der Waals surface area (Å²) < 4.78 is 0. The summed E-state index contributed by atoms with van der Waals surface area (Å²) in [6.07, 6.45) is 8.62. The van der Waals surface area contributed by atoms with Gasteiger partial charge in [0.05, 0.1) is 22.8 Å². The highest BCUT2D eigenvalue weighted by Gasteiger charge is 2.16. The molecular weight excluding hydrogens is 374 g/mol. The van der Waals surface area contributed by atoms with Crippen LogP contribution in [-0.4, -0.2) is 30.6 Å². The van der Waals surface area contributed by atoms with Gasteiger partial charge in [-0.05, 0) is 48.0 Å². The minimum Gasteiger partial charge on any atom is -0.383 e. The van der Waals surface area contributed by atoms with E-state index in [2.05, 4.69) is 24.9 Å². The molecule has 0 aliphatic heterocycles. The number of H-pyrrole nitrogens is 1. The second kappa shape index (κ2) is 7.21. The average Bonchev–Trinajstić information content (AvgIpc) is 3.25. The molecule has 0 bridgehead atoms. The molecule has 7 heteroatoms. The summed E-state index contributed by atoms with van der Waals surface area (Å²) in [5.74, 6) is 0.305. The number of rotatable bonds is 4. The zero-order valence-electron chi connectivity index (χ0n) is 15.9. The van der Waals surface area contributed by atoms with E-state index in [1.807, 2.05) is 48.5 Å². The van der Waals surface area contributed by atoms with Gasteiger partial charge in [-0.1, -0.05) is 6.07 Å². The van der Waals surface area contributed by atoms with Crippen molar-refractivity contribution in [2.75, 3.05) is 5.73 Å². The van der Waals surface area contributed by atoms with Crippen molar-refractivity contribution in [2.45, 2.75) is 0 Å². The molecule has 0 saturated carbocycles. The Kier molecular flexibility index (Phi) is 4.25. The number of pyridine rings is 4. The van der Waals surface area contributed by atoms with Crippen LogP contribution < -0.4 is 5.73 Å². The highest BCUT2D eigenvalue weighted by Crippen LogP contribution is 2.28. The molecule has 0 atom stereocenters. The van der Waals surface area contributed by atoms with Crippen LogP contribution in [0.4, 0.5) is 5.82 Å². The summed E-state index contributed by atoms with van der Waals surface area (Å²) in [5, 5.41) is 9.67. The van der Waals surface area contributed by atoms with Crippen molar-refractivity contribution in [3.05, 3.63) is 90.8 Å². The SMILES string of the molecule is N=C(c1cc2c(-c3ccccn3)nccc2[nH]1)c1cc(-c2ccncc2)cnc1N. The summed E-state index contributed by atoms with van der Waals surface area (Å²) in [5.41, 5.74) is 11.8. The Bertz CT molecular complexity index is 1360. The molecule has 0 aliphatic rings. The van der Waals surface area contributed by atoms with E-state index >= 15 is 0 Å². The molecule has 0 radical (unpaired) electrons. The highest BCUT2D eigenvalue weighted by molar-refractivity contribution is 6.15. The topological polar surface area (TPSA) is 117 Å². The van der Waals surface area contributed by atoms with Gasteiger partial charge in [0.25, 0.3) is 0 Å². The van der Waals surface area contributed by atoms with Crippen LogP contribution in [0.25, 0.3) is 33.4 Å². The van der Waals surface area contributed by atoms with E-state index in [0.29, 0.717) is 17.1 Å². The fraction of sp³-hybridized carbons (Fsp3) is 0. The van der Waals surface area contributed by atoms with Gasteiger partial charge in [-0.3, -0.25) is 20.4 Å². The monoisotopic (exact) mass is 391 g/mol. The number of nitrogens with one attached hydrogen (secondary N) is 2. The Morgan fingerprint density at radius 3 is 2.53 bits per heavy atom. The number of nitrogens with two attached hydrogens (primary N) is 1. The summed E-state index contributed by atoms with van der Waals surface area (Å²) in [7, 11) is 0. The smallest absolute Gasteiger partial charge is 0.132 e. The van der Waals surface area contributed by atoms with Crippen LogP contribution in [0.15, 0.2) is 79.5 Å². The predicted octanol–water partition coefficient (Wildman–Crippen LogP) is 4.08. The van der Waals surface area contributed by atoms with Gasteiger partial charge < -0.3 is 10.7 Å². The van der Waals surface area contributed by atoms with Gasteiger partial charge in [-0.15, -0.1) is 0 Å². The molecule has 0 amide bonds. The van der Waals surface area contributed by atoms with Gasteiger partial charge in [0, 0.05) is 53.0 Å². The lowest BCUT2D eigenvalue weighted by atomic mass is 10.0. The predicted molar refractivity (Wildman–Crippen MR) is 117 cm³/mol. The maximum absolute atomic E-state index is 8.78. The first-order valence-electron chi connectivity index (χ1n) is 9.35. The maximum atomic E-state index is 8.78. The first-order valence-corrected chi connectivity index (χ1v) is 9.35. The van der Waals surface area contributed by atoms with Gasteiger partial charge in [-0.2, -0.15) is 0 Å². The van der Waals surface area contributed by atoms with Crippen LogP contribution in [0, 0.1) is 5.41 Å². The largest absolute Gasteiger partial charge is 0.383 e. The number of anilines is 1. The molecule has 5 heterocycles. The molecule has 5 aromatic rings. The summed E-state index contributed by atoms with van der Waals surface area (Å²) >= 11 is 0. The van der Waals surface area contributed by atoms with E-state index < -0.39 is 0 Å². The molecular formula is C23H17N7. The first-order chi connectivity index (χ1) is 14.7. The van der Waals surface area contributed by atoms with E-state index in [4.69, 9.17) is 11.1 Å². The standard InChI is InChI=1S/C23H17N7/c24-21(17-11-15(13-29-23(17)25)14-4-8-26-9-5-14)20-12-16-18(30-20)6-10-28-22(16)19-3-1-2-7-27-19/h1-13,24,30H,(H2,25,29). The Balaban J connectivity index is 1.59. The van der Waals surface area contributed by atoms with E-state index in [0.717, 1.165) is 33.4 Å². The van der Waals surface area contributed by atoms with Crippen molar-refractivity contribution < 1.29 is 0 Å². The van der Waals surface area contributed by atoms with Gasteiger partial charge in [-0.25, -0.2) is 4.98 Å². The third kappa shape index (κ3) is 3.08. The van der Waals surface area contributed by atoms with Crippen molar-refractivity contribution in [1.82, 2.24) is 24.9 Å². The first kappa shape index (κ1) is 17.7. The Morgan fingerprint density at radius 2 is 1.73 bits per heavy atom. The second-order valence-electron chi connectivity index (χ2n) is 6.79. The van der Waals surface area contributed by atoms with Crippen LogP contribution in [-0.2, 0) is 0 Å². The van der Waals surface area contributed by atoms with Crippen LogP contribution >= 0.6 is 0 Å². The van der Waals surface area contributed by atoms with E-state index in [-0.39, 0.29) is 5.71 Å². The van der Waals surface area contributed by atoms with Gasteiger partial charge in [0.2, 0.25) is 0 Å². The Morgan fingerprint density at radius 1 is 0.867 bits per heavy atom. The zero-order chi connectivity index (χ0) is 20.5. The summed E-state index contributed by atoms with van der Waals surface area (Å²) in [6, 6.07) is 15.2. The molecule has 30 heavy (non-hydrogen) atoms. The lowest BCUT2D eigenvalue weighted by Crippen LogP contribution is -2.07. The normalized spacial score (nSPS) is 10.9. The Hall–Kier alpha value is -4.39. The van der Waals surface area contributed by atoms with Crippen molar-refractivity contribution in [2.24, 2.45) is 0 Å². The molecule has 0 aromatic carbocycles. The second-order valence-corrected chi connectivity index (χ2v) is 6.79. The van der Waals surface area contributed by atoms with Gasteiger partial charge in [0.1, 0.15) is 5.82 Å². The molecule has 0 saturated heterocycles. The summed E-state index contributed by atoms with van der Waals surface area (Å²) in [4.78, 5) is 20.6. The Labute approximate surface area is 172 Å². The highest BCUT2D eigenvalue weighted by atomic mass is 14.8. The quantitative estimate of drug-likeness (QED) is 0.399. The van der Waals surface area contributed by atoms with Crippen LogP contribution in [0.2, 0.25) is 0 Å². The van der Waals surface area contributed by atoms with Gasteiger partial charge in [0.15, 0.2) is 0 Å². The molecule has 5 aromatic heterocycles. The third-order valence-corrected chi connectivity index (χ3v) is 4.93. The number of nitrogen functional groups attached to an aromatic ring is 1. The van der Waals surface area contributed by atoms with Crippen molar-refractivity contribution >= 4 is 22.4 Å². The van der Waals surface area contributed by atoms with Gasteiger partial charge >= 0.3 is 0 Å². The minimum atomic E-state index is 0.263. The van der Waals surface area contributed by atoms with Crippen LogP contribution in [0.5, 0.6) is 0 Å². The molecule has 0 fully saturated rings. The molecule has 144 valence electrons. The van der Waals surface area contributed by atoms with Crippen molar-refractivity contribution in [3.63, 3.8) is 0 Å². The number of nitrogens with zero attached hydrogens (tertiary/aromatic N) is 4. The van der Waals surface area contributed by atoms with E-state index in [9.17, 15) is 0 Å². The maximum Gasteiger partial charge on any atom is 0.132 e. The molecule has 5 rings (SSSR count). The number of fused-ring (bicyclic) bond motifs is 1. The fourth-order valence-electron chi connectivity index (χ4n) is 3.42. The third-order valence-electron chi connectivity index (χ3n) is 4.93. The number of hydrogen-bond acceptors (Lipinski definition) is 6. The van der Waals surface area contributed by atoms with Crippen molar-refractivity contribution in [3.8, 4) is 22.5 Å². The molecule has 0 unspecified atom stereocenters. The number of aromatic nitrogens is 5. The molecule has 0 aliphatic carbocycles. The summed E-state index contributed by atoms with van der Waals surface area (Å²) in [6.45, 7) is 0.